The summed E-state index contributed by atoms with van der Waals surface area (Å²) in [6.07, 6.45) is 7.97. The van der Waals surface area contributed by atoms with Gasteiger partial charge in [0.25, 0.3) is 0 Å². The summed E-state index contributed by atoms with van der Waals surface area (Å²) in [6, 6.07) is 4.63. The van der Waals surface area contributed by atoms with Crippen molar-refractivity contribution in [1.82, 2.24) is 15.6 Å². The van der Waals surface area contributed by atoms with Gasteiger partial charge in [0, 0.05) is 31.9 Å². The Bertz CT molecular complexity index is 582. The van der Waals surface area contributed by atoms with E-state index in [0.717, 1.165) is 44.1 Å². The second-order valence-electron chi connectivity index (χ2n) is 7.45. The number of aromatic nitrogens is 1. The van der Waals surface area contributed by atoms with Gasteiger partial charge in [-0.05, 0) is 36.8 Å². The molecule has 4 rings (SSSR count). The predicted molar refractivity (Wildman–Crippen MR) is 111 cm³/mol. The van der Waals surface area contributed by atoms with Crippen LogP contribution in [-0.2, 0) is 16.1 Å². The lowest BCUT2D eigenvalue weighted by atomic mass is 9.85. The molecule has 0 bridgehead atoms. The topological polar surface area (TPSA) is 66.5 Å². The highest BCUT2D eigenvalue weighted by Crippen LogP contribution is 2.33. The largest absolute Gasteiger partial charge is 0.378 e. The van der Waals surface area contributed by atoms with E-state index >= 15 is 0 Å². The maximum absolute atomic E-state index is 12.5. The number of rotatable bonds is 4. The molecule has 1 saturated carbocycles. The van der Waals surface area contributed by atoms with Crippen LogP contribution in [0.3, 0.4) is 0 Å². The molecule has 1 aliphatic carbocycles. The summed E-state index contributed by atoms with van der Waals surface area (Å²) in [4.78, 5) is 19.2. The van der Waals surface area contributed by atoms with Crippen molar-refractivity contribution in [1.29, 1.82) is 0 Å². The van der Waals surface area contributed by atoms with E-state index in [1.807, 2.05) is 12.3 Å². The molecule has 27 heavy (non-hydrogen) atoms. The third-order valence-electron chi connectivity index (χ3n) is 5.79. The molecule has 1 aromatic rings. The van der Waals surface area contributed by atoms with Crippen LogP contribution >= 0.6 is 24.8 Å². The van der Waals surface area contributed by atoms with Crippen LogP contribution in [0.1, 0.15) is 37.7 Å². The van der Waals surface area contributed by atoms with E-state index in [2.05, 4.69) is 26.6 Å². The average molecular weight is 417 g/mol. The molecule has 0 radical (unpaired) electrons. The lowest BCUT2D eigenvalue weighted by Gasteiger charge is -2.27. The van der Waals surface area contributed by atoms with Crippen molar-refractivity contribution >= 4 is 36.5 Å². The molecule has 3 atom stereocenters. The quantitative estimate of drug-likeness (QED) is 0.787. The number of amides is 1. The Labute approximate surface area is 173 Å². The minimum Gasteiger partial charge on any atom is -0.378 e. The Morgan fingerprint density at radius 1 is 1.22 bits per heavy atom. The molecule has 1 aromatic heterocycles. The van der Waals surface area contributed by atoms with E-state index < -0.39 is 0 Å². The minimum absolute atomic E-state index is 0. The third kappa shape index (κ3) is 5.47. The molecule has 2 aliphatic heterocycles. The van der Waals surface area contributed by atoms with Crippen molar-refractivity contribution in [3.05, 3.63) is 23.9 Å². The third-order valence-corrected chi connectivity index (χ3v) is 5.79. The first-order valence-corrected chi connectivity index (χ1v) is 9.61. The van der Waals surface area contributed by atoms with E-state index in [-0.39, 0.29) is 36.8 Å². The van der Waals surface area contributed by atoms with Gasteiger partial charge in [0.1, 0.15) is 5.82 Å². The molecule has 6 nitrogen and oxygen atoms in total. The van der Waals surface area contributed by atoms with Gasteiger partial charge in [0.2, 0.25) is 5.91 Å². The smallest absolute Gasteiger partial charge is 0.237 e. The Morgan fingerprint density at radius 2 is 2.00 bits per heavy atom. The Hall–Kier alpha value is -1.08. The van der Waals surface area contributed by atoms with Gasteiger partial charge in [-0.3, -0.25) is 4.79 Å². The fourth-order valence-corrected chi connectivity index (χ4v) is 4.33. The molecule has 2 N–H and O–H groups in total. The van der Waals surface area contributed by atoms with Crippen LogP contribution < -0.4 is 15.5 Å². The molecular formula is C19H30Cl2N4O2. The van der Waals surface area contributed by atoms with Crippen molar-refractivity contribution in [2.24, 2.45) is 5.92 Å². The van der Waals surface area contributed by atoms with Gasteiger partial charge in [-0.15, -0.1) is 24.8 Å². The summed E-state index contributed by atoms with van der Waals surface area (Å²) in [5.41, 5.74) is 1.04. The van der Waals surface area contributed by atoms with Gasteiger partial charge in [0.15, 0.2) is 0 Å². The summed E-state index contributed by atoms with van der Waals surface area (Å²) in [7, 11) is 0. The molecule has 0 aromatic carbocycles. The second kappa shape index (κ2) is 10.5. The summed E-state index contributed by atoms with van der Waals surface area (Å²) in [5, 5.41) is 6.61. The molecule has 3 heterocycles. The van der Waals surface area contributed by atoms with Gasteiger partial charge < -0.3 is 20.3 Å². The molecule has 3 fully saturated rings. The fourth-order valence-electron chi connectivity index (χ4n) is 4.33. The molecule has 8 heteroatoms. The average Bonchev–Trinajstić information content (AvgIpc) is 3.11. The number of carbonyl (C=O) groups excluding carboxylic acids is 1. The Balaban J connectivity index is 0.00000131. The number of anilines is 1. The molecule has 0 spiro atoms. The number of hydrogen-bond acceptors (Lipinski definition) is 5. The highest BCUT2D eigenvalue weighted by Gasteiger charge is 2.37. The number of nitrogens with zero attached hydrogens (tertiary/aromatic N) is 2. The Morgan fingerprint density at radius 3 is 2.70 bits per heavy atom. The monoisotopic (exact) mass is 416 g/mol. The van der Waals surface area contributed by atoms with E-state index in [1.165, 1.54) is 25.7 Å². The van der Waals surface area contributed by atoms with Gasteiger partial charge in [-0.25, -0.2) is 4.98 Å². The number of ether oxygens (including phenoxy) is 1. The van der Waals surface area contributed by atoms with Crippen molar-refractivity contribution in [2.45, 2.75) is 50.7 Å². The fraction of sp³-hybridized carbons (Fsp3) is 0.684. The first-order valence-electron chi connectivity index (χ1n) is 9.61. The van der Waals surface area contributed by atoms with Gasteiger partial charge in [0.05, 0.1) is 19.3 Å². The van der Waals surface area contributed by atoms with Crippen molar-refractivity contribution < 1.29 is 9.53 Å². The Kier molecular flexibility index (Phi) is 8.61. The van der Waals surface area contributed by atoms with E-state index in [9.17, 15) is 4.79 Å². The SMILES string of the molecule is Cl.Cl.O=C(NCc1ccc(N2CCOCC2)nc1)C1CC2CCCCC2N1. The van der Waals surface area contributed by atoms with Gasteiger partial charge in [-0.1, -0.05) is 18.9 Å². The molecule has 152 valence electrons. The van der Waals surface area contributed by atoms with Gasteiger partial charge in [-0.2, -0.15) is 0 Å². The lowest BCUT2D eigenvalue weighted by Crippen LogP contribution is -2.42. The second-order valence-corrected chi connectivity index (χ2v) is 7.45. The highest BCUT2D eigenvalue weighted by atomic mass is 35.5. The summed E-state index contributed by atoms with van der Waals surface area (Å²) < 4.78 is 5.37. The van der Waals surface area contributed by atoms with Crippen LogP contribution in [-0.4, -0.2) is 49.3 Å². The normalized spacial score (nSPS) is 27.1. The molecule has 3 unspecified atom stereocenters. The summed E-state index contributed by atoms with van der Waals surface area (Å²) in [5.74, 6) is 1.81. The number of fused-ring (bicyclic) bond motifs is 1. The maximum atomic E-state index is 12.5. The van der Waals surface area contributed by atoms with Crippen LogP contribution in [0.4, 0.5) is 5.82 Å². The van der Waals surface area contributed by atoms with E-state index in [1.54, 1.807) is 0 Å². The first-order chi connectivity index (χ1) is 12.3. The zero-order valence-corrected chi connectivity index (χ0v) is 17.2. The number of halogens is 2. The summed E-state index contributed by atoms with van der Waals surface area (Å²) >= 11 is 0. The van der Waals surface area contributed by atoms with Gasteiger partial charge >= 0.3 is 0 Å². The van der Waals surface area contributed by atoms with E-state index in [4.69, 9.17) is 4.74 Å². The van der Waals surface area contributed by atoms with Crippen LogP contribution in [0, 0.1) is 5.92 Å². The molecule has 2 saturated heterocycles. The number of pyridine rings is 1. The number of morpholine rings is 1. The molecular weight excluding hydrogens is 387 g/mol. The van der Waals surface area contributed by atoms with Crippen LogP contribution in [0.2, 0.25) is 0 Å². The zero-order chi connectivity index (χ0) is 17.1. The number of carbonyl (C=O) groups is 1. The predicted octanol–water partition coefficient (Wildman–Crippen LogP) is 2.30. The van der Waals surface area contributed by atoms with Crippen molar-refractivity contribution in [3.8, 4) is 0 Å². The van der Waals surface area contributed by atoms with Crippen molar-refractivity contribution in [2.75, 3.05) is 31.2 Å². The zero-order valence-electron chi connectivity index (χ0n) is 15.6. The van der Waals surface area contributed by atoms with E-state index in [0.29, 0.717) is 18.5 Å². The lowest BCUT2D eigenvalue weighted by molar-refractivity contribution is -0.123. The standard InChI is InChI=1S/C19H28N4O2.2ClH/c24-19(17-11-15-3-1-2-4-16(15)22-17)21-13-14-5-6-18(20-12-14)23-7-9-25-10-8-23;;/h5-6,12,15-17,22H,1-4,7-11,13H2,(H,21,24);2*1H. The minimum atomic E-state index is -0.0197. The van der Waals surface area contributed by atoms with Crippen LogP contribution in [0.5, 0.6) is 0 Å². The van der Waals surface area contributed by atoms with Crippen molar-refractivity contribution in [3.63, 3.8) is 0 Å². The first kappa shape index (κ1) is 22.2. The summed E-state index contributed by atoms with van der Waals surface area (Å²) in [6.45, 7) is 3.84. The number of hydrogen-bond donors (Lipinski definition) is 2. The molecule has 1 amide bonds. The highest BCUT2D eigenvalue weighted by molar-refractivity contribution is 5.85. The molecule has 3 aliphatic rings. The van der Waals surface area contributed by atoms with Crippen LogP contribution in [0.25, 0.3) is 0 Å². The number of nitrogens with one attached hydrogen (secondary N) is 2. The van der Waals surface area contributed by atoms with Crippen LogP contribution in [0.15, 0.2) is 18.3 Å². The maximum Gasteiger partial charge on any atom is 0.237 e.